The molecular weight excluding hydrogens is 466 g/mol. The van der Waals surface area contributed by atoms with Crippen LogP contribution in [0.4, 0.5) is 0 Å². The van der Waals surface area contributed by atoms with Gasteiger partial charge in [0.25, 0.3) is 0 Å². The van der Waals surface area contributed by atoms with E-state index in [4.69, 9.17) is 15.0 Å². The first-order valence-electron chi connectivity index (χ1n) is 12.4. The molecule has 0 fully saturated rings. The van der Waals surface area contributed by atoms with E-state index in [9.17, 15) is 0 Å². The molecule has 178 valence electrons. The Kier molecular flexibility index (Phi) is 5.37. The van der Waals surface area contributed by atoms with Gasteiger partial charge < -0.3 is 0 Å². The first-order chi connectivity index (χ1) is 18.8. The lowest BCUT2D eigenvalue weighted by Crippen LogP contribution is -2.01. The van der Waals surface area contributed by atoms with Gasteiger partial charge in [-0.25, -0.2) is 24.9 Å². The van der Waals surface area contributed by atoms with Crippen LogP contribution in [-0.2, 0) is 0 Å². The van der Waals surface area contributed by atoms with E-state index in [1.54, 1.807) is 12.4 Å². The van der Waals surface area contributed by atoms with Crippen LogP contribution in [0.25, 0.3) is 67.1 Å². The quantitative estimate of drug-likeness (QED) is 0.255. The third-order valence-corrected chi connectivity index (χ3v) is 6.66. The number of hydrogen-bond donors (Lipinski definition) is 0. The Hall–Kier alpha value is -5.29. The molecule has 0 aliphatic rings. The van der Waals surface area contributed by atoms with Crippen LogP contribution in [0.5, 0.6) is 0 Å². The molecule has 5 heteroatoms. The smallest absolute Gasteiger partial charge is 0.164 e. The molecule has 0 saturated carbocycles. The Morgan fingerprint density at radius 3 is 1.34 bits per heavy atom. The average molecular weight is 488 g/mol. The third kappa shape index (κ3) is 3.96. The fourth-order valence-corrected chi connectivity index (χ4v) is 4.80. The Labute approximate surface area is 219 Å². The van der Waals surface area contributed by atoms with Crippen LogP contribution < -0.4 is 0 Å². The number of nitrogens with zero attached hydrogens (tertiary/aromatic N) is 5. The highest BCUT2D eigenvalue weighted by Crippen LogP contribution is 2.32. The number of aromatic nitrogens is 5. The standard InChI is InChI=1S/C33H21N5/c1-3-12-26-22(8-1)10-5-14-28(26)32-36-31(25-18-16-24(17-19-25)30-34-20-7-21-35-30)37-33(38-32)29-15-6-11-23-9-2-4-13-27(23)29/h1-21H. The minimum Gasteiger partial charge on any atom is -0.237 e. The predicted molar refractivity (Wildman–Crippen MR) is 152 cm³/mol. The molecule has 2 aromatic heterocycles. The van der Waals surface area contributed by atoms with E-state index in [0.717, 1.165) is 43.8 Å². The maximum absolute atomic E-state index is 5.02. The Balaban J connectivity index is 1.44. The van der Waals surface area contributed by atoms with Gasteiger partial charge in [0.05, 0.1) is 0 Å². The Morgan fingerprint density at radius 1 is 0.342 bits per heavy atom. The number of benzene rings is 5. The van der Waals surface area contributed by atoms with Crippen molar-refractivity contribution in [2.45, 2.75) is 0 Å². The van der Waals surface area contributed by atoms with Gasteiger partial charge >= 0.3 is 0 Å². The molecule has 0 aliphatic carbocycles. The van der Waals surface area contributed by atoms with E-state index in [1.807, 2.05) is 66.7 Å². The molecule has 0 radical (unpaired) electrons. The third-order valence-electron chi connectivity index (χ3n) is 6.66. The van der Waals surface area contributed by atoms with Crippen molar-refractivity contribution < 1.29 is 0 Å². The summed E-state index contributed by atoms with van der Waals surface area (Å²) in [5, 5.41) is 4.50. The summed E-state index contributed by atoms with van der Waals surface area (Å²) in [6, 6.07) is 38.9. The zero-order valence-corrected chi connectivity index (χ0v) is 20.4. The van der Waals surface area contributed by atoms with E-state index in [2.05, 4.69) is 58.5 Å². The Bertz CT molecular complexity index is 1810. The normalized spacial score (nSPS) is 11.2. The van der Waals surface area contributed by atoms with Crippen molar-refractivity contribution in [2.75, 3.05) is 0 Å². The van der Waals surface area contributed by atoms with Crippen molar-refractivity contribution in [3.05, 3.63) is 128 Å². The summed E-state index contributed by atoms with van der Waals surface area (Å²) < 4.78 is 0. The summed E-state index contributed by atoms with van der Waals surface area (Å²) in [6.45, 7) is 0. The molecule has 5 aromatic carbocycles. The molecule has 2 heterocycles. The van der Waals surface area contributed by atoms with Gasteiger partial charge in [-0.3, -0.25) is 0 Å². The lowest BCUT2D eigenvalue weighted by molar-refractivity contribution is 1.08. The lowest BCUT2D eigenvalue weighted by Gasteiger charge is -2.12. The fourth-order valence-electron chi connectivity index (χ4n) is 4.80. The molecule has 0 N–H and O–H groups in total. The van der Waals surface area contributed by atoms with Crippen LogP contribution in [0.15, 0.2) is 128 Å². The van der Waals surface area contributed by atoms with E-state index in [1.165, 1.54) is 0 Å². The van der Waals surface area contributed by atoms with Gasteiger partial charge in [0.2, 0.25) is 0 Å². The summed E-state index contributed by atoms with van der Waals surface area (Å²) in [5.41, 5.74) is 3.78. The zero-order chi connectivity index (χ0) is 25.3. The van der Waals surface area contributed by atoms with Crippen molar-refractivity contribution in [2.24, 2.45) is 0 Å². The van der Waals surface area contributed by atoms with Crippen LogP contribution in [0.3, 0.4) is 0 Å². The summed E-state index contributed by atoms with van der Waals surface area (Å²) in [6.07, 6.45) is 3.49. The lowest BCUT2D eigenvalue weighted by atomic mass is 10.0. The highest BCUT2D eigenvalue weighted by atomic mass is 15.0. The van der Waals surface area contributed by atoms with Gasteiger partial charge in [-0.2, -0.15) is 0 Å². The minimum absolute atomic E-state index is 0.617. The van der Waals surface area contributed by atoms with E-state index < -0.39 is 0 Å². The van der Waals surface area contributed by atoms with Gasteiger partial charge in [0.15, 0.2) is 23.3 Å². The second kappa shape index (κ2) is 9.30. The maximum Gasteiger partial charge on any atom is 0.164 e. The second-order valence-corrected chi connectivity index (χ2v) is 9.01. The maximum atomic E-state index is 5.02. The zero-order valence-electron chi connectivity index (χ0n) is 20.4. The second-order valence-electron chi connectivity index (χ2n) is 9.01. The molecule has 0 unspecified atom stereocenters. The minimum atomic E-state index is 0.617. The molecule has 0 aliphatic heterocycles. The molecule has 0 spiro atoms. The van der Waals surface area contributed by atoms with Gasteiger partial charge in [0.1, 0.15) is 0 Å². The average Bonchev–Trinajstić information content (AvgIpc) is 3.01. The predicted octanol–water partition coefficient (Wildman–Crippen LogP) is 7.64. The van der Waals surface area contributed by atoms with E-state index >= 15 is 0 Å². The first kappa shape index (κ1) is 21.9. The number of fused-ring (bicyclic) bond motifs is 2. The summed E-state index contributed by atoms with van der Waals surface area (Å²) in [7, 11) is 0. The topological polar surface area (TPSA) is 64.5 Å². The molecule has 5 nitrogen and oxygen atoms in total. The van der Waals surface area contributed by atoms with Crippen molar-refractivity contribution in [1.29, 1.82) is 0 Å². The molecule has 0 atom stereocenters. The molecule has 0 bridgehead atoms. The van der Waals surface area contributed by atoms with Crippen molar-refractivity contribution in [3.63, 3.8) is 0 Å². The summed E-state index contributed by atoms with van der Waals surface area (Å²) in [5.74, 6) is 2.59. The largest absolute Gasteiger partial charge is 0.237 e. The number of hydrogen-bond acceptors (Lipinski definition) is 5. The van der Waals surface area contributed by atoms with E-state index in [0.29, 0.717) is 23.3 Å². The van der Waals surface area contributed by atoms with Crippen molar-refractivity contribution >= 4 is 21.5 Å². The van der Waals surface area contributed by atoms with Crippen LogP contribution in [-0.4, -0.2) is 24.9 Å². The Morgan fingerprint density at radius 2 is 0.789 bits per heavy atom. The van der Waals surface area contributed by atoms with Crippen molar-refractivity contribution in [1.82, 2.24) is 24.9 Å². The highest BCUT2D eigenvalue weighted by molar-refractivity contribution is 5.97. The molecule has 0 saturated heterocycles. The monoisotopic (exact) mass is 487 g/mol. The molecule has 0 amide bonds. The van der Waals surface area contributed by atoms with Crippen LogP contribution >= 0.6 is 0 Å². The molecule has 7 aromatic rings. The SMILES string of the molecule is c1cnc(-c2ccc(-c3nc(-c4cccc5ccccc45)nc(-c4cccc5ccccc45)n3)cc2)nc1. The highest BCUT2D eigenvalue weighted by Gasteiger charge is 2.15. The van der Waals surface area contributed by atoms with Crippen LogP contribution in [0, 0.1) is 0 Å². The number of rotatable bonds is 4. The van der Waals surface area contributed by atoms with Crippen LogP contribution in [0.1, 0.15) is 0 Å². The van der Waals surface area contributed by atoms with Gasteiger partial charge in [-0.15, -0.1) is 0 Å². The van der Waals surface area contributed by atoms with Gasteiger partial charge in [-0.1, -0.05) is 109 Å². The van der Waals surface area contributed by atoms with Gasteiger partial charge in [-0.05, 0) is 27.6 Å². The summed E-state index contributed by atoms with van der Waals surface area (Å²) >= 11 is 0. The molecule has 7 rings (SSSR count). The molecular formula is C33H21N5. The van der Waals surface area contributed by atoms with Crippen molar-refractivity contribution in [3.8, 4) is 45.6 Å². The van der Waals surface area contributed by atoms with E-state index in [-0.39, 0.29) is 0 Å². The molecule has 38 heavy (non-hydrogen) atoms. The van der Waals surface area contributed by atoms with Crippen LogP contribution in [0.2, 0.25) is 0 Å². The van der Waals surface area contributed by atoms with Gasteiger partial charge in [0, 0.05) is 34.6 Å². The first-order valence-corrected chi connectivity index (χ1v) is 12.4. The fraction of sp³-hybridized carbons (Fsp3) is 0. The summed E-state index contributed by atoms with van der Waals surface area (Å²) in [4.78, 5) is 23.7.